The summed E-state index contributed by atoms with van der Waals surface area (Å²) in [6, 6.07) is 0.876. The number of nitrogens with one attached hydrogen (secondary N) is 1. The van der Waals surface area contributed by atoms with E-state index in [1.54, 1.807) is 0 Å². The Kier molecular flexibility index (Phi) is 6.43. The molecule has 1 fully saturated rings. The van der Waals surface area contributed by atoms with Crippen molar-refractivity contribution in [3.63, 3.8) is 0 Å². The van der Waals surface area contributed by atoms with Crippen LogP contribution in [-0.4, -0.2) is 66.1 Å². The van der Waals surface area contributed by atoms with Crippen LogP contribution in [0.25, 0.3) is 0 Å². The molecule has 118 valence electrons. The lowest BCUT2D eigenvalue weighted by Gasteiger charge is -2.38. The summed E-state index contributed by atoms with van der Waals surface area (Å²) in [5, 5.41) is 3.31. The maximum Gasteiger partial charge on any atom is 0.237 e. The van der Waals surface area contributed by atoms with Crippen LogP contribution in [0.15, 0.2) is 0 Å². The van der Waals surface area contributed by atoms with Gasteiger partial charge < -0.3 is 16.0 Å². The molecule has 0 aromatic rings. The first-order valence-corrected chi connectivity index (χ1v) is 7.78. The van der Waals surface area contributed by atoms with E-state index in [9.17, 15) is 4.79 Å². The predicted octanol–water partition coefficient (Wildman–Crippen LogP) is 0.645. The molecule has 1 unspecified atom stereocenters. The van der Waals surface area contributed by atoms with E-state index in [1.807, 2.05) is 20.8 Å². The zero-order valence-corrected chi connectivity index (χ0v) is 13.8. The summed E-state index contributed by atoms with van der Waals surface area (Å²) in [5.74, 6) is -0.257. The van der Waals surface area contributed by atoms with Crippen molar-refractivity contribution in [1.82, 2.24) is 15.1 Å². The van der Waals surface area contributed by atoms with Crippen molar-refractivity contribution < 1.29 is 4.79 Å². The average Bonchev–Trinajstić information content (AvgIpc) is 2.36. The molecule has 0 bridgehead atoms. The number of hydrogen-bond donors (Lipinski definition) is 2. The molecule has 3 N–H and O–H groups in total. The molecule has 1 aliphatic rings. The maximum absolute atomic E-state index is 11.7. The molecule has 1 atom stereocenters. The molecule has 0 saturated carbocycles. The number of carbonyl (C=O) groups is 1. The monoisotopic (exact) mass is 284 g/mol. The smallest absolute Gasteiger partial charge is 0.237 e. The highest BCUT2D eigenvalue weighted by Crippen LogP contribution is 2.13. The van der Waals surface area contributed by atoms with Crippen LogP contribution in [0.2, 0.25) is 0 Å². The number of amides is 1. The lowest BCUT2D eigenvalue weighted by atomic mass is 9.95. The van der Waals surface area contributed by atoms with E-state index in [1.165, 1.54) is 0 Å². The Balaban J connectivity index is 2.43. The highest BCUT2D eigenvalue weighted by Gasteiger charge is 2.32. The average molecular weight is 284 g/mol. The van der Waals surface area contributed by atoms with Gasteiger partial charge in [0.1, 0.15) is 0 Å². The van der Waals surface area contributed by atoms with E-state index < -0.39 is 5.54 Å². The minimum absolute atomic E-state index is 0.255. The number of nitrogens with zero attached hydrogens (tertiary/aromatic N) is 2. The van der Waals surface area contributed by atoms with Crippen molar-refractivity contribution in [1.29, 1.82) is 0 Å². The van der Waals surface area contributed by atoms with Crippen molar-refractivity contribution in [3.05, 3.63) is 0 Å². The van der Waals surface area contributed by atoms with Gasteiger partial charge in [-0.3, -0.25) is 9.69 Å². The summed E-state index contributed by atoms with van der Waals surface area (Å²) >= 11 is 0. The Hall–Kier alpha value is -0.650. The summed E-state index contributed by atoms with van der Waals surface area (Å²) < 4.78 is 0. The molecule has 1 aliphatic heterocycles. The Morgan fingerprint density at radius 2 is 1.75 bits per heavy atom. The molecular weight excluding hydrogens is 252 g/mol. The Labute approximate surface area is 123 Å². The largest absolute Gasteiger partial charge is 0.368 e. The van der Waals surface area contributed by atoms with E-state index in [0.717, 1.165) is 39.1 Å². The molecule has 0 spiro atoms. The molecule has 1 amide bonds. The van der Waals surface area contributed by atoms with Gasteiger partial charge in [0.2, 0.25) is 5.91 Å². The van der Waals surface area contributed by atoms with Crippen molar-refractivity contribution in [2.24, 2.45) is 5.73 Å². The van der Waals surface area contributed by atoms with Gasteiger partial charge in [0, 0.05) is 44.8 Å². The highest BCUT2D eigenvalue weighted by atomic mass is 16.1. The molecule has 0 aromatic heterocycles. The number of rotatable bonds is 7. The fourth-order valence-corrected chi connectivity index (χ4v) is 2.79. The van der Waals surface area contributed by atoms with E-state index in [4.69, 9.17) is 5.73 Å². The van der Waals surface area contributed by atoms with Crippen LogP contribution in [0.5, 0.6) is 0 Å². The van der Waals surface area contributed by atoms with Crippen LogP contribution in [0.4, 0.5) is 0 Å². The van der Waals surface area contributed by atoms with Gasteiger partial charge in [-0.1, -0.05) is 0 Å². The first kappa shape index (κ1) is 17.4. The van der Waals surface area contributed by atoms with Gasteiger partial charge in [-0.2, -0.15) is 0 Å². The van der Waals surface area contributed by atoms with Gasteiger partial charge >= 0.3 is 0 Å². The SMILES string of the molecule is CC(C)NC(C)(CCN1CCN(C(C)C)CC1)C(N)=O. The first-order valence-electron chi connectivity index (χ1n) is 7.78. The normalized spacial score (nSPS) is 21.4. The second-order valence-electron chi connectivity index (χ2n) is 6.72. The van der Waals surface area contributed by atoms with Gasteiger partial charge in [0.25, 0.3) is 0 Å². The van der Waals surface area contributed by atoms with Crippen LogP contribution < -0.4 is 11.1 Å². The van der Waals surface area contributed by atoms with Crippen molar-refractivity contribution in [3.8, 4) is 0 Å². The fourth-order valence-electron chi connectivity index (χ4n) is 2.79. The Morgan fingerprint density at radius 1 is 1.20 bits per heavy atom. The molecule has 5 nitrogen and oxygen atoms in total. The zero-order valence-electron chi connectivity index (χ0n) is 13.8. The van der Waals surface area contributed by atoms with Crippen LogP contribution in [0, 0.1) is 0 Å². The first-order chi connectivity index (χ1) is 9.24. The third kappa shape index (κ3) is 5.04. The molecule has 1 heterocycles. The summed E-state index contributed by atoms with van der Waals surface area (Å²) in [6.45, 7) is 15.8. The van der Waals surface area contributed by atoms with Crippen LogP contribution in [-0.2, 0) is 4.79 Å². The molecule has 0 radical (unpaired) electrons. The summed E-state index contributed by atoms with van der Waals surface area (Å²) in [4.78, 5) is 16.6. The third-order valence-corrected chi connectivity index (χ3v) is 4.22. The standard InChI is InChI=1S/C15H32N4O/c1-12(2)17-15(5,14(16)20)6-7-18-8-10-19(11-9-18)13(3)4/h12-13,17H,6-11H2,1-5H3,(H2,16,20). The van der Waals surface area contributed by atoms with E-state index >= 15 is 0 Å². The van der Waals surface area contributed by atoms with E-state index in [2.05, 4.69) is 29.0 Å². The molecule has 20 heavy (non-hydrogen) atoms. The predicted molar refractivity (Wildman–Crippen MR) is 83.6 cm³/mol. The van der Waals surface area contributed by atoms with Gasteiger partial charge in [-0.25, -0.2) is 0 Å². The number of hydrogen-bond acceptors (Lipinski definition) is 4. The van der Waals surface area contributed by atoms with Crippen molar-refractivity contribution in [2.75, 3.05) is 32.7 Å². The van der Waals surface area contributed by atoms with Crippen LogP contribution in [0.1, 0.15) is 41.0 Å². The minimum atomic E-state index is -0.608. The molecule has 0 aliphatic carbocycles. The number of carbonyl (C=O) groups excluding carboxylic acids is 1. The van der Waals surface area contributed by atoms with Crippen molar-refractivity contribution in [2.45, 2.75) is 58.7 Å². The van der Waals surface area contributed by atoms with Crippen LogP contribution in [0.3, 0.4) is 0 Å². The minimum Gasteiger partial charge on any atom is -0.368 e. The molecule has 1 saturated heterocycles. The summed E-state index contributed by atoms with van der Waals surface area (Å²) in [7, 11) is 0. The fraction of sp³-hybridized carbons (Fsp3) is 0.933. The Bertz CT molecular complexity index is 311. The number of primary amides is 1. The maximum atomic E-state index is 11.7. The second-order valence-corrected chi connectivity index (χ2v) is 6.72. The number of piperazine rings is 1. The number of nitrogens with two attached hydrogens (primary N) is 1. The quantitative estimate of drug-likeness (QED) is 0.720. The zero-order chi connectivity index (χ0) is 15.3. The topological polar surface area (TPSA) is 61.6 Å². The van der Waals surface area contributed by atoms with E-state index in [-0.39, 0.29) is 11.9 Å². The molecule has 1 rings (SSSR count). The summed E-state index contributed by atoms with van der Waals surface area (Å²) in [5.41, 5.74) is 4.96. The van der Waals surface area contributed by atoms with Crippen LogP contribution >= 0.6 is 0 Å². The molecule has 0 aromatic carbocycles. The van der Waals surface area contributed by atoms with Gasteiger partial charge in [0.15, 0.2) is 0 Å². The third-order valence-electron chi connectivity index (χ3n) is 4.22. The summed E-state index contributed by atoms with van der Waals surface area (Å²) in [6.07, 6.45) is 0.766. The Morgan fingerprint density at radius 3 is 2.15 bits per heavy atom. The van der Waals surface area contributed by atoms with E-state index in [0.29, 0.717) is 6.04 Å². The second kappa shape index (κ2) is 7.38. The van der Waals surface area contributed by atoms with Gasteiger partial charge in [-0.15, -0.1) is 0 Å². The van der Waals surface area contributed by atoms with Gasteiger partial charge in [0.05, 0.1) is 5.54 Å². The highest BCUT2D eigenvalue weighted by molar-refractivity contribution is 5.84. The van der Waals surface area contributed by atoms with Crippen molar-refractivity contribution >= 4 is 5.91 Å². The lowest BCUT2D eigenvalue weighted by Crippen LogP contribution is -2.57. The lowest BCUT2D eigenvalue weighted by molar-refractivity contribution is -0.124. The molecular formula is C15H32N4O. The van der Waals surface area contributed by atoms with Gasteiger partial charge in [-0.05, 0) is 41.0 Å². The molecule has 5 heteroatoms.